The summed E-state index contributed by atoms with van der Waals surface area (Å²) in [6.07, 6.45) is 5.54. The number of carbonyl (C=O) groups is 2. The molecule has 0 spiro atoms. The summed E-state index contributed by atoms with van der Waals surface area (Å²) < 4.78 is 5.73. The number of aromatic carboxylic acids is 1. The predicted octanol–water partition coefficient (Wildman–Crippen LogP) is 2.74. The number of anilines is 1. The third-order valence-corrected chi connectivity index (χ3v) is 4.18. The van der Waals surface area contributed by atoms with Crippen LogP contribution in [0.15, 0.2) is 22.6 Å². The topological polar surface area (TPSA) is 92.4 Å². The van der Waals surface area contributed by atoms with E-state index in [1.165, 1.54) is 12.1 Å². The Morgan fingerprint density at radius 3 is 2.91 bits per heavy atom. The van der Waals surface area contributed by atoms with Gasteiger partial charge in [-0.25, -0.2) is 9.78 Å². The average Bonchev–Trinajstić information content (AvgIpc) is 3.08. The summed E-state index contributed by atoms with van der Waals surface area (Å²) in [5.74, 6) is -0.0200. The maximum Gasteiger partial charge on any atom is 0.335 e. The lowest BCUT2D eigenvalue weighted by Gasteiger charge is -2.05. The zero-order chi connectivity index (χ0) is 16.0. The Bertz CT molecular complexity index is 840. The van der Waals surface area contributed by atoms with Gasteiger partial charge in [0.25, 0.3) is 5.91 Å². The van der Waals surface area contributed by atoms with Gasteiger partial charge in [0.1, 0.15) is 5.76 Å². The Kier molecular flexibility index (Phi) is 3.04. The lowest BCUT2D eigenvalue weighted by molar-refractivity contribution is -0.110. The van der Waals surface area contributed by atoms with E-state index in [-0.39, 0.29) is 11.5 Å². The van der Waals surface area contributed by atoms with Crippen molar-refractivity contribution in [3.63, 3.8) is 0 Å². The maximum absolute atomic E-state index is 12.2. The van der Waals surface area contributed by atoms with Gasteiger partial charge in [-0.1, -0.05) is 0 Å². The Balaban J connectivity index is 1.77. The first-order valence-corrected chi connectivity index (χ1v) is 7.51. The van der Waals surface area contributed by atoms with Gasteiger partial charge < -0.3 is 14.8 Å². The lowest BCUT2D eigenvalue weighted by atomic mass is 10.0. The van der Waals surface area contributed by atoms with Crippen LogP contribution < -0.4 is 5.32 Å². The molecule has 2 N–H and O–H groups in total. The highest BCUT2D eigenvalue weighted by atomic mass is 16.4. The van der Waals surface area contributed by atoms with E-state index in [2.05, 4.69) is 10.3 Å². The Labute approximate surface area is 131 Å². The van der Waals surface area contributed by atoms with E-state index in [9.17, 15) is 9.59 Å². The molecule has 0 unspecified atom stereocenters. The van der Waals surface area contributed by atoms with Gasteiger partial charge in [0, 0.05) is 23.7 Å². The highest BCUT2D eigenvalue weighted by Crippen LogP contribution is 2.34. The summed E-state index contributed by atoms with van der Waals surface area (Å²) in [6, 6.07) is 4.55. The van der Waals surface area contributed by atoms with Crippen LogP contribution in [0, 0.1) is 0 Å². The van der Waals surface area contributed by atoms with Gasteiger partial charge >= 0.3 is 5.97 Å². The summed E-state index contributed by atoms with van der Waals surface area (Å²) in [4.78, 5) is 27.7. The number of rotatable bonds is 2. The smallest absolute Gasteiger partial charge is 0.335 e. The van der Waals surface area contributed by atoms with Crippen LogP contribution in [0.25, 0.3) is 11.6 Å². The van der Waals surface area contributed by atoms with Crippen LogP contribution in [-0.4, -0.2) is 22.0 Å². The number of nitrogens with one attached hydrogen (secondary N) is 1. The molecule has 2 heterocycles. The molecule has 116 valence electrons. The zero-order valence-electron chi connectivity index (χ0n) is 12.3. The van der Waals surface area contributed by atoms with Crippen LogP contribution in [-0.2, 0) is 17.6 Å². The van der Waals surface area contributed by atoms with Gasteiger partial charge in [0.05, 0.1) is 16.8 Å². The number of benzene rings is 1. The molecule has 1 aliphatic carbocycles. The molecule has 0 radical (unpaired) electrons. The molecular weight excluding hydrogens is 296 g/mol. The summed E-state index contributed by atoms with van der Waals surface area (Å²) in [6.45, 7) is 0. The third kappa shape index (κ3) is 2.32. The van der Waals surface area contributed by atoms with Crippen molar-refractivity contribution >= 4 is 29.2 Å². The number of carboxylic acid groups (broad SMARTS) is 1. The van der Waals surface area contributed by atoms with Gasteiger partial charge in [-0.3, -0.25) is 4.79 Å². The summed E-state index contributed by atoms with van der Waals surface area (Å²) >= 11 is 0. The number of carbonyl (C=O) groups excluding carboxylic acids is 1. The molecule has 0 atom stereocenters. The lowest BCUT2D eigenvalue weighted by Crippen LogP contribution is -2.03. The fourth-order valence-corrected chi connectivity index (χ4v) is 3.02. The summed E-state index contributed by atoms with van der Waals surface area (Å²) in [5, 5.41) is 11.8. The third-order valence-electron chi connectivity index (χ3n) is 4.18. The molecule has 6 heteroatoms. The van der Waals surface area contributed by atoms with Crippen LogP contribution in [0.2, 0.25) is 0 Å². The van der Waals surface area contributed by atoms with Crippen molar-refractivity contribution < 1.29 is 19.1 Å². The van der Waals surface area contributed by atoms with Crippen LogP contribution in [0.1, 0.15) is 46.1 Å². The van der Waals surface area contributed by atoms with Crippen LogP contribution in [0.4, 0.5) is 5.69 Å². The van der Waals surface area contributed by atoms with E-state index < -0.39 is 5.97 Å². The van der Waals surface area contributed by atoms with Crippen molar-refractivity contribution in [3.05, 3.63) is 46.7 Å². The Hall–Kier alpha value is -2.89. The van der Waals surface area contributed by atoms with Gasteiger partial charge in [0.15, 0.2) is 0 Å². The highest BCUT2D eigenvalue weighted by molar-refractivity contribution is 6.34. The second-order valence-corrected chi connectivity index (χ2v) is 5.71. The zero-order valence-corrected chi connectivity index (χ0v) is 12.3. The molecule has 0 fully saturated rings. The van der Waals surface area contributed by atoms with Gasteiger partial charge in [-0.15, -0.1) is 0 Å². The number of amides is 1. The van der Waals surface area contributed by atoms with E-state index in [1.807, 2.05) is 0 Å². The number of oxazole rings is 1. The molecule has 2 aromatic rings. The minimum atomic E-state index is -1.03. The number of nitrogens with zero attached hydrogens (tertiary/aromatic N) is 1. The minimum absolute atomic E-state index is 0.137. The van der Waals surface area contributed by atoms with Crippen molar-refractivity contribution in [3.8, 4) is 0 Å². The first kappa shape index (κ1) is 13.8. The molecule has 1 aromatic heterocycles. The highest BCUT2D eigenvalue weighted by Gasteiger charge is 2.26. The van der Waals surface area contributed by atoms with E-state index in [0.717, 1.165) is 37.1 Å². The Morgan fingerprint density at radius 1 is 1.30 bits per heavy atom. The summed E-state index contributed by atoms with van der Waals surface area (Å²) in [5.41, 5.74) is 2.63. The number of hydrogen-bond acceptors (Lipinski definition) is 4. The molecule has 0 bridgehead atoms. The van der Waals surface area contributed by atoms with E-state index >= 15 is 0 Å². The molecule has 4 rings (SSSR count). The molecule has 23 heavy (non-hydrogen) atoms. The number of aryl methyl sites for hydroxylation is 2. The van der Waals surface area contributed by atoms with E-state index in [0.29, 0.717) is 22.7 Å². The summed E-state index contributed by atoms with van der Waals surface area (Å²) in [7, 11) is 0. The molecular formula is C17H14N2O4. The average molecular weight is 310 g/mol. The quantitative estimate of drug-likeness (QED) is 0.832. The van der Waals surface area contributed by atoms with Gasteiger partial charge in [0.2, 0.25) is 5.89 Å². The fourth-order valence-electron chi connectivity index (χ4n) is 3.02. The van der Waals surface area contributed by atoms with E-state index in [4.69, 9.17) is 9.52 Å². The van der Waals surface area contributed by atoms with Crippen LogP contribution in [0.5, 0.6) is 0 Å². The molecule has 1 aliphatic heterocycles. The second-order valence-electron chi connectivity index (χ2n) is 5.71. The first-order chi connectivity index (χ1) is 11.1. The predicted molar refractivity (Wildman–Crippen MR) is 83.0 cm³/mol. The monoisotopic (exact) mass is 310 g/mol. The van der Waals surface area contributed by atoms with Crippen molar-refractivity contribution in [1.29, 1.82) is 0 Å². The molecule has 1 aromatic carbocycles. The van der Waals surface area contributed by atoms with Crippen molar-refractivity contribution in [2.75, 3.05) is 5.32 Å². The first-order valence-electron chi connectivity index (χ1n) is 7.51. The molecule has 1 amide bonds. The normalized spacial score (nSPS) is 17.7. The number of aromatic nitrogens is 1. The van der Waals surface area contributed by atoms with Crippen LogP contribution >= 0.6 is 0 Å². The maximum atomic E-state index is 12.2. The van der Waals surface area contributed by atoms with Crippen LogP contribution in [0.3, 0.4) is 0 Å². The molecule has 0 saturated heterocycles. The fraction of sp³-hybridized carbons (Fsp3) is 0.235. The number of hydrogen-bond donors (Lipinski definition) is 2. The number of fused-ring (bicyclic) bond motifs is 2. The standard InChI is InChI=1S/C17H14N2O4/c20-16-11(8-15-18-13-3-1-2-4-14(13)23-15)10-7-9(17(21)22)5-6-12(10)19-16/h5-8H,1-4H2,(H,19,20)(H,21,22). The van der Waals surface area contributed by atoms with Crippen molar-refractivity contribution in [1.82, 2.24) is 4.98 Å². The van der Waals surface area contributed by atoms with Crippen molar-refractivity contribution in [2.45, 2.75) is 25.7 Å². The van der Waals surface area contributed by atoms with E-state index in [1.54, 1.807) is 12.1 Å². The molecule has 0 saturated carbocycles. The van der Waals surface area contributed by atoms with Gasteiger partial charge in [-0.2, -0.15) is 0 Å². The molecule has 2 aliphatic rings. The SMILES string of the molecule is O=C1Nc2ccc(C(=O)O)cc2C1=Cc1nc2c(o1)CCCC2. The Morgan fingerprint density at radius 2 is 2.13 bits per heavy atom. The number of carboxylic acids is 1. The van der Waals surface area contributed by atoms with Crippen molar-refractivity contribution in [2.24, 2.45) is 0 Å². The molecule has 6 nitrogen and oxygen atoms in total. The van der Waals surface area contributed by atoms with Gasteiger partial charge in [-0.05, 0) is 37.5 Å². The largest absolute Gasteiger partial charge is 0.478 e. The minimum Gasteiger partial charge on any atom is -0.478 e. The second kappa shape index (κ2) is 5.08.